The average molecular weight is 530 g/mol. The molecule has 1 amide bonds. The molecule has 0 spiro atoms. The number of unbranched alkanes of at least 4 members (excludes halogenated alkanes) is 1. The Morgan fingerprint density at radius 1 is 1.11 bits per heavy atom. The number of carbonyl (C=O) groups is 1. The van der Waals surface area contributed by atoms with Gasteiger partial charge in [-0.1, -0.05) is 11.3 Å². The van der Waals surface area contributed by atoms with E-state index in [-0.39, 0.29) is 6.09 Å². The third-order valence-electron chi connectivity index (χ3n) is 5.35. The molecule has 37 heavy (non-hydrogen) atoms. The molecular formula is C26H39N7O3S. The van der Waals surface area contributed by atoms with Crippen molar-refractivity contribution in [3.63, 3.8) is 0 Å². The number of hydrogen-bond acceptors (Lipinski definition) is 10. The number of nitrogens with zero attached hydrogens (tertiary/aromatic N) is 5. The maximum absolute atomic E-state index is 12.1. The number of methoxy groups -OCH3 is 1. The molecule has 0 saturated carbocycles. The van der Waals surface area contributed by atoms with Gasteiger partial charge < -0.3 is 25.0 Å². The second-order valence-corrected chi connectivity index (χ2v) is 11.0. The Morgan fingerprint density at radius 2 is 1.89 bits per heavy atom. The second kappa shape index (κ2) is 13.5. The Bertz CT molecular complexity index is 1120. The zero-order valence-electron chi connectivity index (χ0n) is 22.7. The molecule has 0 radical (unpaired) electrons. The van der Waals surface area contributed by atoms with E-state index in [4.69, 9.17) is 14.5 Å². The summed E-state index contributed by atoms with van der Waals surface area (Å²) in [5.41, 5.74) is 1.50. The van der Waals surface area contributed by atoms with Gasteiger partial charge in [0.15, 0.2) is 5.13 Å². The first-order valence-electron chi connectivity index (χ1n) is 12.5. The minimum Gasteiger partial charge on any atom is -0.444 e. The molecule has 11 heteroatoms. The molecule has 3 aromatic rings. The summed E-state index contributed by atoms with van der Waals surface area (Å²) in [5.74, 6) is 1.52. The van der Waals surface area contributed by atoms with E-state index in [0.29, 0.717) is 13.2 Å². The standard InChI is InChI=1S/C26H39N7O3S/c1-26(2,3)36-25(34)33(5)13-8-7-11-27-21-16-19(18-32(4)14-15-35-6)17-22(30-21)31-24-29-20-10-9-12-28-23(20)37-24/h9-10,12,16-17H,7-8,11,13-15,18H2,1-6H3,(H2,27,29,30,31). The number of likely N-dealkylation sites (N-methyl/N-ethyl adjacent to an activating group) is 1. The van der Waals surface area contributed by atoms with Gasteiger partial charge in [-0.15, -0.1) is 0 Å². The summed E-state index contributed by atoms with van der Waals surface area (Å²) >= 11 is 1.50. The van der Waals surface area contributed by atoms with E-state index < -0.39 is 5.60 Å². The number of ether oxygens (including phenoxy) is 2. The van der Waals surface area contributed by atoms with Crippen LogP contribution in [0.2, 0.25) is 0 Å². The van der Waals surface area contributed by atoms with Gasteiger partial charge in [-0.2, -0.15) is 0 Å². The fourth-order valence-electron chi connectivity index (χ4n) is 3.53. The van der Waals surface area contributed by atoms with E-state index in [0.717, 1.165) is 65.2 Å². The zero-order chi connectivity index (χ0) is 26.8. The Labute approximate surface area is 223 Å². The molecule has 202 valence electrons. The molecule has 10 nitrogen and oxygen atoms in total. The van der Waals surface area contributed by atoms with Gasteiger partial charge in [0.2, 0.25) is 0 Å². The number of hydrogen-bond donors (Lipinski definition) is 2. The van der Waals surface area contributed by atoms with Crippen molar-refractivity contribution in [2.24, 2.45) is 0 Å². The summed E-state index contributed by atoms with van der Waals surface area (Å²) in [7, 11) is 5.55. The average Bonchev–Trinajstić information content (AvgIpc) is 3.23. The van der Waals surface area contributed by atoms with Crippen molar-refractivity contribution in [3.8, 4) is 0 Å². The Kier molecular flexibility index (Phi) is 10.4. The van der Waals surface area contributed by atoms with E-state index >= 15 is 0 Å². The second-order valence-electron chi connectivity index (χ2n) is 9.98. The number of aromatic nitrogens is 3. The van der Waals surface area contributed by atoms with Crippen molar-refractivity contribution in [2.45, 2.75) is 45.8 Å². The lowest BCUT2D eigenvalue weighted by Gasteiger charge is -2.24. The quantitative estimate of drug-likeness (QED) is 0.297. The van der Waals surface area contributed by atoms with Gasteiger partial charge in [-0.25, -0.2) is 19.7 Å². The number of thiazole rings is 1. The number of pyridine rings is 2. The van der Waals surface area contributed by atoms with Gasteiger partial charge in [0.1, 0.15) is 27.6 Å². The van der Waals surface area contributed by atoms with Gasteiger partial charge in [0.05, 0.1) is 6.61 Å². The van der Waals surface area contributed by atoms with Crippen LogP contribution in [0, 0.1) is 0 Å². The highest BCUT2D eigenvalue weighted by molar-refractivity contribution is 7.21. The van der Waals surface area contributed by atoms with Crippen LogP contribution in [0.3, 0.4) is 0 Å². The summed E-state index contributed by atoms with van der Waals surface area (Å²) in [6.45, 7) is 9.25. The monoisotopic (exact) mass is 529 g/mol. The maximum atomic E-state index is 12.1. The molecule has 2 N–H and O–H groups in total. The normalized spacial score (nSPS) is 11.6. The van der Waals surface area contributed by atoms with Crippen LogP contribution in [-0.4, -0.2) is 83.9 Å². The van der Waals surface area contributed by atoms with E-state index in [1.165, 1.54) is 11.3 Å². The van der Waals surface area contributed by atoms with Crippen molar-refractivity contribution in [1.82, 2.24) is 24.8 Å². The molecule has 0 fully saturated rings. The third kappa shape index (κ3) is 9.75. The third-order valence-corrected chi connectivity index (χ3v) is 6.24. The topological polar surface area (TPSA) is 105 Å². The first-order chi connectivity index (χ1) is 17.6. The van der Waals surface area contributed by atoms with Crippen molar-refractivity contribution in [1.29, 1.82) is 0 Å². The van der Waals surface area contributed by atoms with E-state index in [9.17, 15) is 4.79 Å². The molecule has 3 heterocycles. The van der Waals surface area contributed by atoms with Gasteiger partial charge >= 0.3 is 6.09 Å². The summed E-state index contributed by atoms with van der Waals surface area (Å²) in [5, 5.41) is 7.54. The highest BCUT2D eigenvalue weighted by Crippen LogP contribution is 2.27. The van der Waals surface area contributed by atoms with Crippen molar-refractivity contribution >= 4 is 44.5 Å². The van der Waals surface area contributed by atoms with Crippen molar-refractivity contribution in [2.75, 3.05) is 58.1 Å². The lowest BCUT2D eigenvalue weighted by molar-refractivity contribution is 0.0296. The fraction of sp³-hybridized carbons (Fsp3) is 0.538. The summed E-state index contributed by atoms with van der Waals surface area (Å²) in [6.07, 6.45) is 3.21. The Balaban J connectivity index is 1.61. The number of rotatable bonds is 13. The zero-order valence-corrected chi connectivity index (χ0v) is 23.5. The van der Waals surface area contributed by atoms with Gasteiger partial charge in [-0.3, -0.25) is 4.90 Å². The van der Waals surface area contributed by atoms with E-state index in [2.05, 4.69) is 38.6 Å². The lowest BCUT2D eigenvalue weighted by atomic mass is 10.2. The van der Waals surface area contributed by atoms with Crippen LogP contribution < -0.4 is 10.6 Å². The number of fused-ring (bicyclic) bond motifs is 1. The van der Waals surface area contributed by atoms with E-state index in [1.807, 2.05) is 39.0 Å². The molecule has 3 aromatic heterocycles. The number of nitrogens with one attached hydrogen (secondary N) is 2. The largest absolute Gasteiger partial charge is 0.444 e. The van der Waals surface area contributed by atoms with Gasteiger partial charge in [0.25, 0.3) is 0 Å². The minimum atomic E-state index is -0.491. The van der Waals surface area contributed by atoms with Crippen molar-refractivity contribution in [3.05, 3.63) is 36.0 Å². The van der Waals surface area contributed by atoms with Crippen LogP contribution in [0.4, 0.5) is 21.6 Å². The first kappa shape index (κ1) is 28.5. The molecule has 0 aliphatic rings. The molecule has 0 atom stereocenters. The number of anilines is 3. The fourth-order valence-corrected chi connectivity index (χ4v) is 4.34. The molecule has 0 unspecified atom stereocenters. The van der Waals surface area contributed by atoms with E-state index in [1.54, 1.807) is 25.3 Å². The highest BCUT2D eigenvalue weighted by atomic mass is 32.1. The highest BCUT2D eigenvalue weighted by Gasteiger charge is 2.19. The molecule has 0 aromatic carbocycles. The number of carbonyl (C=O) groups excluding carboxylic acids is 1. The lowest BCUT2D eigenvalue weighted by Crippen LogP contribution is -2.34. The van der Waals surface area contributed by atoms with Crippen LogP contribution in [0.5, 0.6) is 0 Å². The molecular weight excluding hydrogens is 490 g/mol. The summed E-state index contributed by atoms with van der Waals surface area (Å²) < 4.78 is 10.6. The smallest absolute Gasteiger partial charge is 0.410 e. The molecule has 0 bridgehead atoms. The van der Waals surface area contributed by atoms with Crippen molar-refractivity contribution < 1.29 is 14.3 Å². The maximum Gasteiger partial charge on any atom is 0.410 e. The first-order valence-corrected chi connectivity index (χ1v) is 13.3. The van der Waals surface area contributed by atoms with Crippen LogP contribution in [0.1, 0.15) is 39.2 Å². The summed E-state index contributed by atoms with van der Waals surface area (Å²) in [4.78, 5) is 30.6. The molecule has 0 aliphatic heterocycles. The van der Waals surface area contributed by atoms with Gasteiger partial charge in [0, 0.05) is 46.5 Å². The van der Waals surface area contributed by atoms with Gasteiger partial charge in [-0.05, 0) is 70.5 Å². The predicted molar refractivity (Wildman–Crippen MR) is 150 cm³/mol. The Hall–Kier alpha value is -3.02. The molecule has 0 aliphatic carbocycles. The predicted octanol–water partition coefficient (Wildman–Crippen LogP) is 4.97. The summed E-state index contributed by atoms with van der Waals surface area (Å²) in [6, 6.07) is 7.95. The SMILES string of the molecule is COCCN(C)Cc1cc(NCCCCN(C)C(=O)OC(C)(C)C)nc(Nc2nc3cccnc3s2)c1. The number of amides is 1. The molecule has 3 rings (SSSR count). The minimum absolute atomic E-state index is 0.298. The van der Waals surface area contributed by atoms with Crippen LogP contribution >= 0.6 is 11.3 Å². The molecule has 0 saturated heterocycles. The Morgan fingerprint density at radius 3 is 2.62 bits per heavy atom. The van der Waals surface area contributed by atoms with Crippen LogP contribution in [0.15, 0.2) is 30.5 Å². The van der Waals surface area contributed by atoms with Crippen LogP contribution in [-0.2, 0) is 16.0 Å². The van der Waals surface area contributed by atoms with Crippen LogP contribution in [0.25, 0.3) is 10.3 Å².